The second-order valence-electron chi connectivity index (χ2n) is 6.56. The maximum absolute atomic E-state index is 13.0. The number of pyridine rings is 1. The van der Waals surface area contributed by atoms with Crippen LogP contribution in [-0.4, -0.2) is 16.6 Å². The SMILES string of the molecule is CC(=NNC(=O)c1cc(-c2ccccc2)nc2ccccc12)c1ccccc1Cl. The largest absolute Gasteiger partial charge is 0.272 e. The van der Waals surface area contributed by atoms with E-state index in [9.17, 15) is 4.79 Å². The number of hydrogen-bond donors (Lipinski definition) is 1. The van der Waals surface area contributed by atoms with Crippen LogP contribution >= 0.6 is 11.6 Å². The average Bonchev–Trinajstić information content (AvgIpc) is 2.77. The van der Waals surface area contributed by atoms with Crippen LogP contribution in [0.5, 0.6) is 0 Å². The van der Waals surface area contributed by atoms with Gasteiger partial charge in [-0.1, -0.05) is 78.3 Å². The van der Waals surface area contributed by atoms with Crippen molar-refractivity contribution < 1.29 is 4.79 Å². The Morgan fingerprint density at radius 3 is 2.38 bits per heavy atom. The fourth-order valence-electron chi connectivity index (χ4n) is 3.13. The molecule has 0 aliphatic carbocycles. The van der Waals surface area contributed by atoms with Gasteiger partial charge in [-0.2, -0.15) is 5.10 Å². The van der Waals surface area contributed by atoms with Gasteiger partial charge in [-0.25, -0.2) is 10.4 Å². The molecule has 0 atom stereocenters. The number of benzene rings is 3. The van der Waals surface area contributed by atoms with Crippen LogP contribution in [-0.2, 0) is 0 Å². The fraction of sp³-hybridized carbons (Fsp3) is 0.0417. The topological polar surface area (TPSA) is 54.4 Å². The molecule has 0 bridgehead atoms. The molecule has 1 aromatic heterocycles. The highest BCUT2D eigenvalue weighted by molar-refractivity contribution is 6.34. The highest BCUT2D eigenvalue weighted by atomic mass is 35.5. The maximum atomic E-state index is 13.0. The van der Waals surface area contributed by atoms with E-state index >= 15 is 0 Å². The monoisotopic (exact) mass is 399 g/mol. The molecular formula is C24H18ClN3O. The van der Waals surface area contributed by atoms with Crippen LogP contribution in [0.15, 0.2) is 90.0 Å². The number of carbonyl (C=O) groups is 1. The van der Waals surface area contributed by atoms with Crippen LogP contribution in [0.1, 0.15) is 22.8 Å². The zero-order chi connectivity index (χ0) is 20.2. The Morgan fingerprint density at radius 2 is 1.59 bits per heavy atom. The predicted molar refractivity (Wildman–Crippen MR) is 118 cm³/mol. The third kappa shape index (κ3) is 4.03. The van der Waals surface area contributed by atoms with Gasteiger partial charge in [-0.3, -0.25) is 4.79 Å². The summed E-state index contributed by atoms with van der Waals surface area (Å²) in [6.45, 7) is 1.81. The minimum absolute atomic E-state index is 0.299. The summed E-state index contributed by atoms with van der Waals surface area (Å²) in [5.41, 5.74) is 7.02. The van der Waals surface area contributed by atoms with E-state index in [4.69, 9.17) is 16.6 Å². The van der Waals surface area contributed by atoms with Crippen molar-refractivity contribution in [3.8, 4) is 11.3 Å². The van der Waals surface area contributed by atoms with E-state index in [1.165, 1.54) is 0 Å². The molecule has 29 heavy (non-hydrogen) atoms. The van der Waals surface area contributed by atoms with Crippen LogP contribution in [0.4, 0.5) is 0 Å². The molecule has 0 spiro atoms. The van der Waals surface area contributed by atoms with Crippen molar-refractivity contribution in [3.63, 3.8) is 0 Å². The highest BCUT2D eigenvalue weighted by Gasteiger charge is 2.14. The second kappa shape index (κ2) is 8.25. The van der Waals surface area contributed by atoms with Gasteiger partial charge in [0, 0.05) is 21.5 Å². The Kier molecular flexibility index (Phi) is 5.36. The molecule has 0 fully saturated rings. The Labute approximate surface area is 173 Å². The van der Waals surface area contributed by atoms with E-state index in [1.807, 2.05) is 79.7 Å². The summed E-state index contributed by atoms with van der Waals surface area (Å²) < 4.78 is 0. The second-order valence-corrected chi connectivity index (χ2v) is 6.96. The van der Waals surface area contributed by atoms with Crippen molar-refractivity contribution in [2.24, 2.45) is 5.10 Å². The number of rotatable bonds is 4. The summed E-state index contributed by atoms with van der Waals surface area (Å²) in [6, 6.07) is 26.6. The quantitative estimate of drug-likeness (QED) is 0.353. The van der Waals surface area contributed by atoms with Gasteiger partial charge >= 0.3 is 0 Å². The molecule has 0 saturated heterocycles. The number of aromatic nitrogens is 1. The van der Waals surface area contributed by atoms with Crippen molar-refractivity contribution in [2.75, 3.05) is 0 Å². The molecule has 3 aromatic carbocycles. The third-order valence-corrected chi connectivity index (χ3v) is 4.95. The van der Waals surface area contributed by atoms with E-state index in [-0.39, 0.29) is 5.91 Å². The Morgan fingerprint density at radius 1 is 0.897 bits per heavy atom. The first-order valence-corrected chi connectivity index (χ1v) is 9.56. The number of para-hydroxylation sites is 1. The Balaban J connectivity index is 1.72. The van der Waals surface area contributed by atoms with Gasteiger partial charge in [0.2, 0.25) is 0 Å². The predicted octanol–water partition coefficient (Wildman–Crippen LogP) is 5.71. The van der Waals surface area contributed by atoms with E-state index in [2.05, 4.69) is 10.5 Å². The van der Waals surface area contributed by atoms with E-state index in [0.29, 0.717) is 16.3 Å². The molecule has 1 N–H and O–H groups in total. The van der Waals surface area contributed by atoms with Crippen LogP contribution in [0.2, 0.25) is 5.02 Å². The zero-order valence-electron chi connectivity index (χ0n) is 15.8. The number of amides is 1. The lowest BCUT2D eigenvalue weighted by Crippen LogP contribution is -2.20. The molecule has 1 amide bonds. The number of carbonyl (C=O) groups excluding carboxylic acids is 1. The standard InChI is InChI=1S/C24H18ClN3O/c1-16(18-11-5-7-13-21(18)25)27-28-24(29)20-15-23(17-9-3-2-4-10-17)26-22-14-8-6-12-19(20)22/h2-15H,1H3,(H,28,29). The lowest BCUT2D eigenvalue weighted by molar-refractivity contribution is 0.0956. The van der Waals surface area contributed by atoms with Gasteiger partial charge in [0.1, 0.15) is 0 Å². The molecule has 142 valence electrons. The summed E-state index contributed by atoms with van der Waals surface area (Å²) in [5.74, 6) is -0.299. The summed E-state index contributed by atoms with van der Waals surface area (Å²) in [4.78, 5) is 17.7. The van der Waals surface area contributed by atoms with Crippen molar-refractivity contribution in [3.05, 3.63) is 101 Å². The number of nitrogens with one attached hydrogen (secondary N) is 1. The minimum atomic E-state index is -0.299. The zero-order valence-corrected chi connectivity index (χ0v) is 16.5. The maximum Gasteiger partial charge on any atom is 0.272 e. The Hall–Kier alpha value is -3.50. The summed E-state index contributed by atoms with van der Waals surface area (Å²) >= 11 is 6.22. The molecule has 4 aromatic rings. The smallest absolute Gasteiger partial charge is 0.267 e. The third-order valence-electron chi connectivity index (χ3n) is 4.62. The molecule has 0 saturated carbocycles. The number of halogens is 1. The molecule has 0 aliphatic rings. The molecule has 5 heteroatoms. The summed E-state index contributed by atoms with van der Waals surface area (Å²) in [5, 5.41) is 5.61. The van der Waals surface area contributed by atoms with Crippen molar-refractivity contribution in [2.45, 2.75) is 6.92 Å². The van der Waals surface area contributed by atoms with Gasteiger partial charge < -0.3 is 0 Å². The molecular weight excluding hydrogens is 382 g/mol. The molecule has 4 nitrogen and oxygen atoms in total. The van der Waals surface area contributed by atoms with Gasteiger partial charge in [-0.05, 0) is 25.1 Å². The van der Waals surface area contributed by atoms with Crippen molar-refractivity contribution in [1.82, 2.24) is 10.4 Å². The van der Waals surface area contributed by atoms with E-state index in [1.54, 1.807) is 12.1 Å². The first kappa shape index (κ1) is 18.8. The minimum Gasteiger partial charge on any atom is -0.267 e. The van der Waals surface area contributed by atoms with Gasteiger partial charge in [0.15, 0.2) is 0 Å². The van der Waals surface area contributed by atoms with Gasteiger partial charge in [0.25, 0.3) is 5.91 Å². The fourth-order valence-corrected chi connectivity index (χ4v) is 3.40. The lowest BCUT2D eigenvalue weighted by atomic mass is 10.0. The summed E-state index contributed by atoms with van der Waals surface area (Å²) in [6.07, 6.45) is 0. The normalized spacial score (nSPS) is 11.4. The first-order chi connectivity index (χ1) is 14.1. The average molecular weight is 400 g/mol. The van der Waals surface area contributed by atoms with E-state index < -0.39 is 0 Å². The van der Waals surface area contributed by atoms with Crippen LogP contribution in [0.25, 0.3) is 22.2 Å². The van der Waals surface area contributed by atoms with Crippen LogP contribution in [0, 0.1) is 0 Å². The molecule has 0 radical (unpaired) electrons. The van der Waals surface area contributed by atoms with Gasteiger partial charge in [-0.15, -0.1) is 0 Å². The molecule has 1 heterocycles. The van der Waals surface area contributed by atoms with Crippen LogP contribution in [0.3, 0.4) is 0 Å². The van der Waals surface area contributed by atoms with E-state index in [0.717, 1.165) is 27.7 Å². The number of hydrazone groups is 1. The number of fused-ring (bicyclic) bond motifs is 1. The lowest BCUT2D eigenvalue weighted by Gasteiger charge is -2.10. The number of nitrogens with zero attached hydrogens (tertiary/aromatic N) is 2. The Bertz CT molecular complexity index is 1220. The number of hydrogen-bond acceptors (Lipinski definition) is 3. The highest BCUT2D eigenvalue weighted by Crippen LogP contribution is 2.25. The molecule has 4 rings (SSSR count). The summed E-state index contributed by atoms with van der Waals surface area (Å²) in [7, 11) is 0. The molecule has 0 unspecified atom stereocenters. The van der Waals surface area contributed by atoms with Crippen LogP contribution < -0.4 is 5.43 Å². The van der Waals surface area contributed by atoms with Crippen molar-refractivity contribution >= 4 is 34.1 Å². The van der Waals surface area contributed by atoms with Gasteiger partial charge in [0.05, 0.1) is 22.5 Å². The van der Waals surface area contributed by atoms with Crippen molar-refractivity contribution in [1.29, 1.82) is 0 Å². The molecule has 0 aliphatic heterocycles. The first-order valence-electron chi connectivity index (χ1n) is 9.18.